The Hall–Kier alpha value is -3.34. The SMILES string of the molecule is C[C@@H](O)[C@H]1C(=O)N[C@@H]1/C=C(/O[Si](C)(C)C)C(=[N+]=[N-])C(=O)OCc1ccc([N+](=O)[O-])cc1. The Morgan fingerprint density at radius 2 is 2.00 bits per heavy atom. The third-order valence-corrected chi connectivity index (χ3v) is 5.14. The Morgan fingerprint density at radius 1 is 1.39 bits per heavy atom. The molecule has 11 nitrogen and oxygen atoms in total. The van der Waals surface area contributed by atoms with Crippen molar-refractivity contribution >= 4 is 31.6 Å². The van der Waals surface area contributed by atoms with Gasteiger partial charge in [-0.15, -0.1) is 0 Å². The molecule has 0 saturated carbocycles. The minimum Gasteiger partial charge on any atom is -0.539 e. The van der Waals surface area contributed by atoms with Crippen LogP contribution in [0.3, 0.4) is 0 Å². The number of carbonyl (C=O) groups is 2. The maximum Gasteiger partial charge on any atom is 0.438 e. The number of nitro groups is 1. The molecule has 0 spiro atoms. The zero-order valence-electron chi connectivity index (χ0n) is 17.6. The van der Waals surface area contributed by atoms with Gasteiger partial charge in [0.05, 0.1) is 23.0 Å². The topological polar surface area (TPSA) is 164 Å². The van der Waals surface area contributed by atoms with Crippen LogP contribution in [-0.2, 0) is 25.4 Å². The first-order valence-corrected chi connectivity index (χ1v) is 12.9. The molecular weight excluding hydrogens is 424 g/mol. The molecule has 1 aliphatic heterocycles. The second kappa shape index (κ2) is 9.64. The number of nitrogens with one attached hydrogen (secondary N) is 1. The number of non-ortho nitro benzene ring substituents is 1. The van der Waals surface area contributed by atoms with E-state index in [1.807, 2.05) is 19.6 Å². The van der Waals surface area contributed by atoms with Crippen LogP contribution in [0.2, 0.25) is 19.6 Å². The maximum absolute atomic E-state index is 12.6. The number of aliphatic hydroxyl groups excluding tert-OH is 1. The smallest absolute Gasteiger partial charge is 0.438 e. The Balaban J connectivity index is 2.20. The molecule has 0 aromatic heterocycles. The molecular formula is C19H24N4O7Si. The van der Waals surface area contributed by atoms with Crippen molar-refractivity contribution in [1.29, 1.82) is 0 Å². The van der Waals surface area contributed by atoms with Gasteiger partial charge in [-0.1, -0.05) is 0 Å². The van der Waals surface area contributed by atoms with E-state index in [1.54, 1.807) is 0 Å². The maximum atomic E-state index is 12.6. The number of carbonyl (C=O) groups excluding carboxylic acids is 2. The fourth-order valence-corrected chi connectivity index (χ4v) is 3.68. The molecule has 2 rings (SSSR count). The van der Waals surface area contributed by atoms with Gasteiger partial charge in [0.2, 0.25) is 20.0 Å². The summed E-state index contributed by atoms with van der Waals surface area (Å²) in [7, 11) is -2.28. The standard InChI is InChI=1S/C19H24N4O7Si/c1-11(24)16-14(21-18(16)25)9-15(30-31(2,3)4)17(22-20)19(26)29-10-12-5-7-13(8-6-12)23(27)28/h5-9,11,14,16,24H,10H2,1-4H3,(H,21,25)/b15-9+/t11-,14-,16-/m1/s1. The largest absolute Gasteiger partial charge is 0.539 e. The molecule has 1 aromatic carbocycles. The van der Waals surface area contributed by atoms with Crippen molar-refractivity contribution in [2.45, 2.75) is 45.3 Å². The van der Waals surface area contributed by atoms with Gasteiger partial charge >= 0.3 is 11.7 Å². The zero-order valence-corrected chi connectivity index (χ0v) is 18.6. The Morgan fingerprint density at radius 3 is 2.45 bits per heavy atom. The predicted octanol–water partition coefficient (Wildman–Crippen LogP) is 1.54. The first-order chi connectivity index (χ1) is 14.4. The van der Waals surface area contributed by atoms with Crippen LogP contribution in [-0.4, -0.2) is 52.9 Å². The minimum absolute atomic E-state index is 0.0639. The molecule has 12 heteroatoms. The summed E-state index contributed by atoms with van der Waals surface area (Å²) in [6.45, 7) is 6.81. The summed E-state index contributed by atoms with van der Waals surface area (Å²) in [5, 5.41) is 23.1. The first kappa shape index (κ1) is 23.9. The van der Waals surface area contributed by atoms with Gasteiger partial charge in [-0.3, -0.25) is 14.9 Å². The molecule has 1 aromatic rings. The van der Waals surface area contributed by atoms with E-state index in [0.29, 0.717) is 5.56 Å². The molecule has 3 atom stereocenters. The summed E-state index contributed by atoms with van der Waals surface area (Å²) in [4.78, 5) is 37.5. The van der Waals surface area contributed by atoms with Crippen molar-refractivity contribution in [3.8, 4) is 0 Å². The van der Waals surface area contributed by atoms with E-state index in [0.717, 1.165) is 0 Å². The average Bonchev–Trinajstić information content (AvgIpc) is 2.64. The molecule has 1 fully saturated rings. The third kappa shape index (κ3) is 6.32. The average molecular weight is 449 g/mol. The van der Waals surface area contributed by atoms with E-state index in [1.165, 1.54) is 37.3 Å². The van der Waals surface area contributed by atoms with Crippen molar-refractivity contribution in [1.82, 2.24) is 5.32 Å². The normalized spacial score (nSPS) is 19.4. The summed E-state index contributed by atoms with van der Waals surface area (Å²) in [6, 6.07) is 4.82. The lowest BCUT2D eigenvalue weighted by Gasteiger charge is -2.37. The summed E-state index contributed by atoms with van der Waals surface area (Å²) in [5.74, 6) is -2.11. The number of esters is 1. The molecule has 1 aliphatic rings. The summed E-state index contributed by atoms with van der Waals surface area (Å²) in [6.07, 6.45) is 0.492. The van der Waals surface area contributed by atoms with E-state index in [-0.39, 0.29) is 24.0 Å². The number of hydrogen-bond acceptors (Lipinski definition) is 7. The number of nitrogens with zero attached hydrogens (tertiary/aromatic N) is 3. The quantitative estimate of drug-likeness (QED) is 0.0665. The van der Waals surface area contributed by atoms with Crippen LogP contribution in [0.4, 0.5) is 5.69 Å². The highest BCUT2D eigenvalue weighted by Crippen LogP contribution is 2.23. The molecule has 31 heavy (non-hydrogen) atoms. The van der Waals surface area contributed by atoms with Crippen molar-refractivity contribution in [2.24, 2.45) is 5.92 Å². The van der Waals surface area contributed by atoms with Crippen LogP contribution in [0.15, 0.2) is 36.1 Å². The van der Waals surface area contributed by atoms with Crippen molar-refractivity contribution < 1.29 is 33.6 Å². The van der Waals surface area contributed by atoms with Crippen molar-refractivity contribution in [3.63, 3.8) is 0 Å². The Bertz CT molecular complexity index is 947. The minimum atomic E-state index is -2.28. The highest BCUT2D eigenvalue weighted by molar-refractivity contribution is 6.70. The summed E-state index contributed by atoms with van der Waals surface area (Å²) in [5.41, 5.74) is 9.36. The van der Waals surface area contributed by atoms with Crippen LogP contribution in [0.1, 0.15) is 12.5 Å². The first-order valence-electron chi connectivity index (χ1n) is 9.45. The van der Waals surface area contributed by atoms with E-state index in [2.05, 4.69) is 10.1 Å². The van der Waals surface area contributed by atoms with Crippen LogP contribution in [0.5, 0.6) is 0 Å². The Kier molecular flexibility index (Phi) is 7.44. The van der Waals surface area contributed by atoms with Gasteiger partial charge in [-0.2, -0.15) is 4.79 Å². The number of ether oxygens (including phenoxy) is 1. The molecule has 166 valence electrons. The van der Waals surface area contributed by atoms with Crippen LogP contribution >= 0.6 is 0 Å². The molecule has 2 N–H and O–H groups in total. The van der Waals surface area contributed by atoms with Gasteiger partial charge in [0.1, 0.15) is 6.61 Å². The van der Waals surface area contributed by atoms with Gasteiger partial charge in [-0.25, -0.2) is 4.79 Å². The molecule has 1 saturated heterocycles. The van der Waals surface area contributed by atoms with Crippen molar-refractivity contribution in [2.75, 3.05) is 0 Å². The molecule has 0 aliphatic carbocycles. The predicted molar refractivity (Wildman–Crippen MR) is 111 cm³/mol. The highest BCUT2D eigenvalue weighted by atomic mass is 28.4. The molecule has 1 heterocycles. The monoisotopic (exact) mass is 448 g/mol. The fourth-order valence-electron chi connectivity index (χ4n) is 2.86. The highest BCUT2D eigenvalue weighted by Gasteiger charge is 2.43. The number of rotatable bonds is 9. The zero-order chi connectivity index (χ0) is 23.3. The molecule has 0 radical (unpaired) electrons. The van der Waals surface area contributed by atoms with Crippen LogP contribution in [0.25, 0.3) is 5.53 Å². The van der Waals surface area contributed by atoms with E-state index in [9.17, 15) is 30.3 Å². The van der Waals surface area contributed by atoms with Gasteiger partial charge in [-0.05, 0) is 50.3 Å². The van der Waals surface area contributed by atoms with E-state index in [4.69, 9.17) is 9.16 Å². The lowest BCUT2D eigenvalue weighted by Crippen LogP contribution is -2.61. The number of aliphatic hydroxyl groups is 1. The van der Waals surface area contributed by atoms with E-state index >= 15 is 0 Å². The third-order valence-electron chi connectivity index (χ3n) is 4.31. The van der Waals surface area contributed by atoms with Gasteiger partial charge < -0.3 is 25.1 Å². The number of nitro benzene ring substituents is 1. The second-order valence-electron chi connectivity index (χ2n) is 7.99. The fraction of sp³-hybridized carbons (Fsp3) is 0.421. The summed E-state index contributed by atoms with van der Waals surface area (Å²) < 4.78 is 11.0. The van der Waals surface area contributed by atoms with Crippen molar-refractivity contribution in [3.05, 3.63) is 57.3 Å². The lowest BCUT2D eigenvalue weighted by molar-refractivity contribution is -0.384. The van der Waals surface area contributed by atoms with Gasteiger partial charge in [0.15, 0.2) is 0 Å². The number of β-lactam (4-membered cyclic amide) rings is 1. The number of benzene rings is 1. The van der Waals surface area contributed by atoms with E-state index < -0.39 is 43.0 Å². The molecule has 1 amide bonds. The second-order valence-corrected chi connectivity index (χ2v) is 12.4. The summed E-state index contributed by atoms with van der Waals surface area (Å²) >= 11 is 0. The number of hydrogen-bond donors (Lipinski definition) is 2. The Labute approximate surface area is 179 Å². The van der Waals surface area contributed by atoms with Gasteiger partial charge in [0, 0.05) is 12.1 Å². The van der Waals surface area contributed by atoms with Crippen LogP contribution < -0.4 is 5.32 Å². The van der Waals surface area contributed by atoms with Gasteiger partial charge in [0.25, 0.3) is 5.69 Å². The lowest BCUT2D eigenvalue weighted by atomic mass is 9.85. The number of amides is 1. The molecule has 0 unspecified atom stereocenters. The van der Waals surface area contributed by atoms with Crippen LogP contribution in [0, 0.1) is 16.0 Å². The molecule has 0 bridgehead atoms.